The van der Waals surface area contributed by atoms with Crippen LogP contribution in [-0.2, 0) is 12.1 Å². The van der Waals surface area contributed by atoms with Crippen molar-refractivity contribution in [2.45, 2.75) is 32.9 Å². The summed E-state index contributed by atoms with van der Waals surface area (Å²) in [6, 6.07) is 9.62. The van der Waals surface area contributed by atoms with Crippen molar-refractivity contribution in [1.82, 2.24) is 10.5 Å². The SMILES string of the molecule is Cc1ccc(N2Cc3c(C(=O)NO)cccc3C2(C)C)nc1. The van der Waals surface area contributed by atoms with Gasteiger partial charge in [-0.3, -0.25) is 10.0 Å². The number of rotatable bonds is 2. The van der Waals surface area contributed by atoms with Gasteiger partial charge < -0.3 is 4.90 Å². The van der Waals surface area contributed by atoms with E-state index in [0.717, 1.165) is 22.5 Å². The fourth-order valence-electron chi connectivity index (χ4n) is 3.09. The fourth-order valence-corrected chi connectivity index (χ4v) is 3.09. The van der Waals surface area contributed by atoms with E-state index in [9.17, 15) is 4.79 Å². The zero-order valence-electron chi connectivity index (χ0n) is 12.9. The summed E-state index contributed by atoms with van der Waals surface area (Å²) in [7, 11) is 0. The van der Waals surface area contributed by atoms with Crippen LogP contribution in [0.2, 0.25) is 0 Å². The number of hydrogen-bond acceptors (Lipinski definition) is 4. The lowest BCUT2D eigenvalue weighted by Crippen LogP contribution is -2.35. The predicted octanol–water partition coefficient (Wildman–Crippen LogP) is 2.76. The average Bonchev–Trinajstić information content (AvgIpc) is 2.79. The van der Waals surface area contributed by atoms with Crippen LogP contribution in [0.1, 0.15) is 40.9 Å². The maximum atomic E-state index is 11.9. The van der Waals surface area contributed by atoms with Gasteiger partial charge in [0.1, 0.15) is 5.82 Å². The molecule has 0 spiro atoms. The second-order valence-corrected chi connectivity index (χ2v) is 6.11. The predicted molar refractivity (Wildman–Crippen MR) is 83.9 cm³/mol. The standard InChI is InChI=1S/C17H19N3O2/c1-11-7-8-15(18-9-11)20-10-13-12(16(21)19-22)5-4-6-14(13)17(20,2)3/h4-9,22H,10H2,1-3H3,(H,19,21). The molecule has 1 aromatic heterocycles. The van der Waals surface area contributed by atoms with Crippen LogP contribution in [-0.4, -0.2) is 16.1 Å². The second kappa shape index (κ2) is 5.10. The van der Waals surface area contributed by atoms with E-state index in [1.807, 2.05) is 37.4 Å². The van der Waals surface area contributed by atoms with Crippen LogP contribution < -0.4 is 10.4 Å². The molecular weight excluding hydrogens is 278 g/mol. The first-order valence-electron chi connectivity index (χ1n) is 7.22. The maximum Gasteiger partial charge on any atom is 0.274 e. The first kappa shape index (κ1) is 14.5. The highest BCUT2D eigenvalue weighted by atomic mass is 16.5. The van der Waals surface area contributed by atoms with Crippen molar-refractivity contribution in [3.05, 3.63) is 58.8 Å². The van der Waals surface area contributed by atoms with E-state index in [4.69, 9.17) is 5.21 Å². The number of fused-ring (bicyclic) bond motifs is 1. The van der Waals surface area contributed by atoms with E-state index in [1.54, 1.807) is 11.5 Å². The molecule has 0 unspecified atom stereocenters. The molecular formula is C17H19N3O2. The van der Waals surface area contributed by atoms with Crippen LogP contribution >= 0.6 is 0 Å². The van der Waals surface area contributed by atoms with Crippen molar-refractivity contribution < 1.29 is 10.0 Å². The molecule has 0 aliphatic carbocycles. The smallest absolute Gasteiger partial charge is 0.274 e. The highest BCUT2D eigenvalue weighted by molar-refractivity contribution is 5.95. The highest BCUT2D eigenvalue weighted by Crippen LogP contribution is 2.42. The summed E-state index contributed by atoms with van der Waals surface area (Å²) < 4.78 is 0. The van der Waals surface area contributed by atoms with Crippen molar-refractivity contribution in [3.63, 3.8) is 0 Å². The molecule has 0 fully saturated rings. The molecule has 0 bridgehead atoms. The Hall–Kier alpha value is -2.40. The summed E-state index contributed by atoms with van der Waals surface area (Å²) >= 11 is 0. The van der Waals surface area contributed by atoms with E-state index < -0.39 is 5.91 Å². The monoisotopic (exact) mass is 297 g/mol. The number of carbonyl (C=O) groups is 1. The molecule has 3 rings (SSSR count). The van der Waals surface area contributed by atoms with Gasteiger partial charge in [0.25, 0.3) is 5.91 Å². The van der Waals surface area contributed by atoms with Crippen LogP contribution in [0.3, 0.4) is 0 Å². The third-order valence-corrected chi connectivity index (χ3v) is 4.34. The van der Waals surface area contributed by atoms with Crippen molar-refractivity contribution in [3.8, 4) is 0 Å². The number of anilines is 1. The van der Waals surface area contributed by atoms with Crippen molar-refractivity contribution in [1.29, 1.82) is 0 Å². The van der Waals surface area contributed by atoms with E-state index >= 15 is 0 Å². The van der Waals surface area contributed by atoms with Gasteiger partial charge in [-0.2, -0.15) is 0 Å². The lowest BCUT2D eigenvalue weighted by molar-refractivity contribution is 0.0705. The van der Waals surface area contributed by atoms with Gasteiger partial charge in [0.15, 0.2) is 0 Å². The molecule has 22 heavy (non-hydrogen) atoms. The molecule has 2 aromatic rings. The number of nitrogens with zero attached hydrogens (tertiary/aromatic N) is 2. The molecule has 0 radical (unpaired) electrons. The molecule has 2 heterocycles. The Morgan fingerprint density at radius 3 is 2.73 bits per heavy atom. The molecule has 0 saturated heterocycles. The molecule has 1 amide bonds. The van der Waals surface area contributed by atoms with Gasteiger partial charge in [0, 0.05) is 18.3 Å². The topological polar surface area (TPSA) is 65.5 Å². The first-order chi connectivity index (χ1) is 10.4. The Morgan fingerprint density at radius 1 is 1.32 bits per heavy atom. The number of nitrogens with one attached hydrogen (secondary N) is 1. The summed E-state index contributed by atoms with van der Waals surface area (Å²) in [4.78, 5) is 18.6. The number of aryl methyl sites for hydroxylation is 1. The Kier molecular flexibility index (Phi) is 3.37. The summed E-state index contributed by atoms with van der Waals surface area (Å²) in [6.45, 7) is 6.81. The van der Waals surface area contributed by atoms with Crippen molar-refractivity contribution in [2.24, 2.45) is 0 Å². The van der Waals surface area contributed by atoms with Crippen LogP contribution in [0.5, 0.6) is 0 Å². The normalized spacial score (nSPS) is 15.5. The minimum Gasteiger partial charge on any atom is -0.343 e. The summed E-state index contributed by atoms with van der Waals surface area (Å²) in [5.74, 6) is 0.397. The van der Waals surface area contributed by atoms with E-state index in [1.165, 1.54) is 0 Å². The first-order valence-corrected chi connectivity index (χ1v) is 7.22. The number of amides is 1. The van der Waals surface area contributed by atoms with Crippen LogP contribution in [0.25, 0.3) is 0 Å². The lowest BCUT2D eigenvalue weighted by Gasteiger charge is -2.33. The van der Waals surface area contributed by atoms with Crippen LogP contribution in [0.4, 0.5) is 5.82 Å². The van der Waals surface area contributed by atoms with Gasteiger partial charge in [-0.15, -0.1) is 0 Å². The van der Waals surface area contributed by atoms with E-state index in [-0.39, 0.29) is 5.54 Å². The fraction of sp³-hybridized carbons (Fsp3) is 0.294. The average molecular weight is 297 g/mol. The molecule has 1 aromatic carbocycles. The third kappa shape index (κ3) is 2.14. The van der Waals surface area contributed by atoms with Crippen LogP contribution in [0.15, 0.2) is 36.5 Å². The molecule has 2 N–H and O–H groups in total. The van der Waals surface area contributed by atoms with Gasteiger partial charge in [-0.05, 0) is 49.6 Å². The highest BCUT2D eigenvalue weighted by Gasteiger charge is 2.39. The number of benzene rings is 1. The number of hydroxylamine groups is 1. The molecule has 5 heteroatoms. The molecule has 5 nitrogen and oxygen atoms in total. The Bertz CT molecular complexity index is 723. The number of carbonyl (C=O) groups excluding carboxylic acids is 1. The largest absolute Gasteiger partial charge is 0.343 e. The molecule has 0 saturated carbocycles. The quantitative estimate of drug-likeness (QED) is 0.661. The van der Waals surface area contributed by atoms with Crippen molar-refractivity contribution >= 4 is 11.7 Å². The molecule has 1 aliphatic heterocycles. The van der Waals surface area contributed by atoms with E-state index in [0.29, 0.717) is 12.1 Å². The minimum absolute atomic E-state index is 0.274. The molecule has 0 atom stereocenters. The minimum atomic E-state index is -0.480. The Labute approximate surface area is 129 Å². The van der Waals surface area contributed by atoms with E-state index in [2.05, 4.69) is 23.7 Å². The van der Waals surface area contributed by atoms with Gasteiger partial charge in [0.05, 0.1) is 5.54 Å². The second-order valence-electron chi connectivity index (χ2n) is 6.11. The van der Waals surface area contributed by atoms with Gasteiger partial charge >= 0.3 is 0 Å². The summed E-state index contributed by atoms with van der Waals surface area (Å²) in [5, 5.41) is 8.94. The van der Waals surface area contributed by atoms with Gasteiger partial charge in [0.2, 0.25) is 0 Å². The third-order valence-electron chi connectivity index (χ3n) is 4.34. The zero-order chi connectivity index (χ0) is 15.9. The Morgan fingerprint density at radius 2 is 2.09 bits per heavy atom. The number of hydrogen-bond donors (Lipinski definition) is 2. The maximum absolute atomic E-state index is 11.9. The Balaban J connectivity index is 2.08. The molecule has 114 valence electrons. The van der Waals surface area contributed by atoms with Crippen molar-refractivity contribution in [2.75, 3.05) is 4.90 Å². The number of aromatic nitrogens is 1. The zero-order valence-corrected chi connectivity index (χ0v) is 12.9. The summed E-state index contributed by atoms with van der Waals surface area (Å²) in [5.41, 5.74) is 5.08. The molecule has 1 aliphatic rings. The van der Waals surface area contributed by atoms with Gasteiger partial charge in [-0.1, -0.05) is 18.2 Å². The van der Waals surface area contributed by atoms with Crippen LogP contribution in [0, 0.1) is 6.92 Å². The summed E-state index contributed by atoms with van der Waals surface area (Å²) in [6.07, 6.45) is 1.84. The van der Waals surface area contributed by atoms with Gasteiger partial charge in [-0.25, -0.2) is 10.5 Å². The lowest BCUT2D eigenvalue weighted by atomic mass is 9.91. The number of pyridine rings is 1.